The molecular weight excluding hydrogens is 977 g/mol. The number of carbonyl (C=O) groups is 4. The van der Waals surface area contributed by atoms with Crippen LogP contribution in [0.15, 0.2) is 66.2 Å². The summed E-state index contributed by atoms with van der Waals surface area (Å²) in [5.41, 5.74) is 4.73. The van der Waals surface area contributed by atoms with Crippen molar-refractivity contribution in [3.63, 3.8) is 0 Å². The SMILES string of the molecule is Cc1ncsc1-c1ccc([C@H](C)CC(=O)[C@@H]2C[C@@H](O)CN2C(=O)[C@@H](CC(=O)CN2CCC(OC3CC(Nc4ccc(C(=O)CC5C(C)(C)C(Oc6ccc(C#N)c(Cl)c6)C5(C)C)cc4F)C3)CC2)C(C)(C)C)cc1. The van der Waals surface area contributed by atoms with Gasteiger partial charge in [0.15, 0.2) is 11.6 Å². The highest BCUT2D eigenvalue weighted by atomic mass is 35.5. The highest BCUT2D eigenvalue weighted by Gasteiger charge is 2.63. The molecule has 12 nitrogen and oxygen atoms in total. The van der Waals surface area contributed by atoms with Gasteiger partial charge in [0.2, 0.25) is 5.91 Å². The van der Waals surface area contributed by atoms with Crippen LogP contribution in [0.25, 0.3) is 10.4 Å². The lowest BCUT2D eigenvalue weighted by molar-refractivity contribution is -0.196. The molecule has 2 aliphatic heterocycles. The molecule has 0 bridgehead atoms. The quantitative estimate of drug-likeness (QED) is 0.0860. The molecule has 0 radical (unpaired) electrons. The van der Waals surface area contributed by atoms with Crippen LogP contribution in [0.5, 0.6) is 5.75 Å². The number of amides is 1. The fourth-order valence-corrected chi connectivity index (χ4v) is 13.4. The van der Waals surface area contributed by atoms with Crippen LogP contribution in [0.3, 0.4) is 0 Å². The van der Waals surface area contributed by atoms with E-state index >= 15 is 4.39 Å². The summed E-state index contributed by atoms with van der Waals surface area (Å²) in [4.78, 5) is 64.7. The molecule has 15 heteroatoms. The molecule has 3 heterocycles. The van der Waals surface area contributed by atoms with E-state index in [1.54, 1.807) is 46.6 Å². The fraction of sp³-hybridized carbons (Fsp3) is 0.559. The Kier molecular flexibility index (Phi) is 16.6. The minimum atomic E-state index is -0.808. The highest BCUT2D eigenvalue weighted by molar-refractivity contribution is 7.13. The zero-order chi connectivity index (χ0) is 53.4. The summed E-state index contributed by atoms with van der Waals surface area (Å²) in [6.07, 6.45) is 2.79. The second kappa shape index (κ2) is 22.3. The Morgan fingerprint density at radius 3 is 2.27 bits per heavy atom. The van der Waals surface area contributed by atoms with Crippen molar-refractivity contribution >= 4 is 51.9 Å². The van der Waals surface area contributed by atoms with E-state index in [4.69, 9.17) is 21.1 Å². The maximum absolute atomic E-state index is 15.5. The number of piperidine rings is 1. The van der Waals surface area contributed by atoms with Gasteiger partial charge in [0.1, 0.15) is 29.5 Å². The first-order chi connectivity index (χ1) is 34.9. The van der Waals surface area contributed by atoms with Gasteiger partial charge in [-0.2, -0.15) is 5.26 Å². The van der Waals surface area contributed by atoms with E-state index in [0.29, 0.717) is 40.7 Å². The average Bonchev–Trinajstić information content (AvgIpc) is 3.96. The summed E-state index contributed by atoms with van der Waals surface area (Å²) in [6.45, 7) is 19.9. The number of carbonyl (C=O) groups excluding carboxylic acids is 4. The van der Waals surface area contributed by atoms with Crippen LogP contribution in [-0.4, -0.2) is 106 Å². The number of anilines is 1. The van der Waals surface area contributed by atoms with Gasteiger partial charge in [0.25, 0.3) is 0 Å². The lowest BCUT2D eigenvalue weighted by Crippen LogP contribution is -2.66. The van der Waals surface area contributed by atoms with Gasteiger partial charge in [-0.1, -0.05) is 91.3 Å². The number of benzene rings is 3. The van der Waals surface area contributed by atoms with Gasteiger partial charge in [0.05, 0.1) is 63.3 Å². The maximum atomic E-state index is 15.5. The van der Waals surface area contributed by atoms with Gasteiger partial charge in [-0.15, -0.1) is 11.3 Å². The van der Waals surface area contributed by atoms with Crippen LogP contribution in [0.4, 0.5) is 10.1 Å². The third-order valence-electron chi connectivity index (χ3n) is 16.6. The van der Waals surface area contributed by atoms with Crippen LogP contribution >= 0.6 is 22.9 Å². The third-order valence-corrected chi connectivity index (χ3v) is 17.9. The molecule has 8 rings (SSSR count). The number of aliphatic hydroxyl groups excluding tert-OH is 1. The maximum Gasteiger partial charge on any atom is 0.227 e. The number of ketones is 3. The first-order valence-corrected chi connectivity index (χ1v) is 27.5. The molecule has 1 aromatic heterocycles. The Morgan fingerprint density at radius 2 is 1.66 bits per heavy atom. The number of hydrogen-bond acceptors (Lipinski definition) is 12. The number of aromatic nitrogens is 1. The van der Waals surface area contributed by atoms with Crippen LogP contribution < -0.4 is 10.1 Å². The largest absolute Gasteiger partial charge is 0.489 e. The van der Waals surface area contributed by atoms with Crippen molar-refractivity contribution in [3.8, 4) is 22.3 Å². The zero-order valence-corrected chi connectivity index (χ0v) is 46.0. The molecule has 3 aromatic carbocycles. The van der Waals surface area contributed by atoms with Gasteiger partial charge in [-0.25, -0.2) is 9.37 Å². The molecule has 4 fully saturated rings. The molecule has 2 saturated heterocycles. The van der Waals surface area contributed by atoms with Crippen molar-refractivity contribution in [2.45, 2.75) is 156 Å². The topological polar surface area (TPSA) is 162 Å². The second-order valence-corrected chi connectivity index (χ2v) is 25.1. The average molecular weight is 1050 g/mol. The van der Waals surface area contributed by atoms with Gasteiger partial charge in [-0.3, -0.25) is 24.1 Å². The third kappa shape index (κ3) is 12.1. The summed E-state index contributed by atoms with van der Waals surface area (Å²) in [6, 6.07) is 19.2. The van der Waals surface area contributed by atoms with E-state index in [1.165, 1.54) is 6.07 Å². The first kappa shape index (κ1) is 55.2. The predicted molar refractivity (Wildman–Crippen MR) is 287 cm³/mol. The first-order valence-electron chi connectivity index (χ1n) is 26.3. The minimum Gasteiger partial charge on any atom is -0.489 e. The fourth-order valence-electron chi connectivity index (χ4n) is 12.4. The predicted octanol–water partition coefficient (Wildman–Crippen LogP) is 11.3. The number of Topliss-reactive ketones (excluding diaryl/α,β-unsaturated/α-hetero) is 3. The lowest BCUT2D eigenvalue weighted by atomic mass is 9.44. The van der Waals surface area contributed by atoms with Crippen molar-refractivity contribution in [1.29, 1.82) is 5.26 Å². The molecule has 4 aromatic rings. The summed E-state index contributed by atoms with van der Waals surface area (Å²) >= 11 is 7.85. The zero-order valence-electron chi connectivity index (χ0n) is 44.4. The molecule has 4 aliphatic rings. The van der Waals surface area contributed by atoms with Crippen LogP contribution in [0, 0.1) is 52.2 Å². The van der Waals surface area contributed by atoms with Gasteiger partial charge in [0, 0.05) is 79.7 Å². The monoisotopic (exact) mass is 1050 g/mol. The molecule has 4 atom stereocenters. The van der Waals surface area contributed by atoms with E-state index in [2.05, 4.69) is 61.1 Å². The van der Waals surface area contributed by atoms with Crippen molar-refractivity contribution in [1.82, 2.24) is 14.8 Å². The van der Waals surface area contributed by atoms with E-state index in [9.17, 15) is 29.5 Å². The molecule has 2 saturated carbocycles. The number of hydrogen-bond donors (Lipinski definition) is 2. The summed E-state index contributed by atoms with van der Waals surface area (Å²) in [5, 5.41) is 23.6. The number of ether oxygens (including phenoxy) is 2. The van der Waals surface area contributed by atoms with Crippen molar-refractivity contribution < 1.29 is 38.1 Å². The molecular formula is C59H73ClFN5O7S. The number of halogens is 2. The van der Waals surface area contributed by atoms with Gasteiger partial charge < -0.3 is 24.8 Å². The Morgan fingerprint density at radius 1 is 0.973 bits per heavy atom. The molecule has 74 heavy (non-hydrogen) atoms. The van der Waals surface area contributed by atoms with E-state index in [-0.39, 0.29) is 109 Å². The number of aryl methyl sites for hydroxylation is 1. The highest BCUT2D eigenvalue weighted by Crippen LogP contribution is 2.62. The Hall–Kier alpha value is -5.04. The van der Waals surface area contributed by atoms with Crippen LogP contribution in [0.2, 0.25) is 5.02 Å². The van der Waals surface area contributed by atoms with Crippen LogP contribution in [-0.2, 0) is 19.1 Å². The molecule has 396 valence electrons. The van der Waals surface area contributed by atoms with E-state index in [0.717, 1.165) is 47.4 Å². The Bertz CT molecular complexity index is 2740. The molecule has 1 amide bonds. The molecule has 2 aliphatic carbocycles. The molecule has 0 spiro atoms. The number of nitrogens with zero attached hydrogens (tertiary/aromatic N) is 4. The number of nitrogens with one attached hydrogen (secondary N) is 1. The number of β-amino-alcohol motifs (C(OH)–C–C–N with tert-alkyl or cyclic N) is 1. The molecule has 0 unspecified atom stereocenters. The standard InChI is InChI=1S/C59H73ClFN5O7S/c1-34(36-10-12-37(13-11-36)54-35(2)63-33-74-54)22-52(70)50-27-42(68)32-66(50)55(71)46(57(3,4)5)26-41(67)31-65-20-18-43(19-21-65)72-45-24-40(25-45)64-49-17-15-38(23-48(49)61)51(69)29-53-58(6,7)56(59(53,8)9)73-44-16-14-39(30-62)47(60)28-44/h10-17,23,28,33-34,40,42-43,45-46,50,53,56,64,68H,18-22,24-27,29,31-32H2,1-9H3/t34-,40?,42-,45?,46-,50+,53?,56?/m1/s1. The smallest absolute Gasteiger partial charge is 0.227 e. The number of rotatable bonds is 19. The molecule has 2 N–H and O–H groups in total. The van der Waals surface area contributed by atoms with Crippen molar-refractivity contribution in [2.75, 3.05) is 31.5 Å². The number of aliphatic hydroxyl groups is 1. The summed E-state index contributed by atoms with van der Waals surface area (Å²) in [5.74, 6) is -1.14. The second-order valence-electron chi connectivity index (χ2n) is 23.8. The van der Waals surface area contributed by atoms with E-state index < -0.39 is 29.3 Å². The van der Waals surface area contributed by atoms with E-state index in [1.807, 2.05) is 52.3 Å². The Balaban J connectivity index is 0.755. The van der Waals surface area contributed by atoms with Gasteiger partial charge in [-0.05, 0) is 91.3 Å². The van der Waals surface area contributed by atoms with Crippen LogP contribution in [0.1, 0.15) is 140 Å². The lowest BCUT2D eigenvalue weighted by Gasteiger charge is -2.63. The van der Waals surface area contributed by atoms with Gasteiger partial charge >= 0.3 is 0 Å². The summed E-state index contributed by atoms with van der Waals surface area (Å²) < 4.78 is 28.4. The number of likely N-dealkylation sites (tertiary alicyclic amines) is 2. The normalized spacial score (nSPS) is 24.5. The van der Waals surface area contributed by atoms with Crippen molar-refractivity contribution in [3.05, 3.63) is 99.4 Å². The summed E-state index contributed by atoms with van der Waals surface area (Å²) in [7, 11) is 0. The number of nitriles is 1. The van der Waals surface area contributed by atoms with Crippen molar-refractivity contribution in [2.24, 2.45) is 28.1 Å². The number of thiazole rings is 1. The Labute approximate surface area is 445 Å². The minimum absolute atomic E-state index is 0.0197.